The summed E-state index contributed by atoms with van der Waals surface area (Å²) in [5, 5.41) is 13.4. The predicted molar refractivity (Wildman–Crippen MR) is 138 cm³/mol. The summed E-state index contributed by atoms with van der Waals surface area (Å²) in [5.74, 6) is 2.20. The maximum Gasteiger partial charge on any atom is 0.203 e. The van der Waals surface area contributed by atoms with Crippen LogP contribution < -0.4 is 18.9 Å². The molecule has 0 spiro atoms. The van der Waals surface area contributed by atoms with E-state index in [4.69, 9.17) is 18.9 Å². The number of aliphatic hydroxyl groups excluding tert-OH is 1. The van der Waals surface area contributed by atoms with Gasteiger partial charge in [0.15, 0.2) is 11.5 Å². The van der Waals surface area contributed by atoms with Gasteiger partial charge in [-0.15, -0.1) is 11.3 Å². The van der Waals surface area contributed by atoms with Crippen molar-refractivity contribution in [3.63, 3.8) is 0 Å². The van der Waals surface area contributed by atoms with Gasteiger partial charge in [-0.05, 0) is 35.4 Å². The largest absolute Gasteiger partial charge is 0.493 e. The molecule has 6 nitrogen and oxygen atoms in total. The lowest BCUT2D eigenvalue weighted by Crippen LogP contribution is -2.01. The average molecular weight is 488 g/mol. The van der Waals surface area contributed by atoms with Gasteiger partial charge in [0, 0.05) is 27.9 Å². The van der Waals surface area contributed by atoms with Crippen molar-refractivity contribution in [3.8, 4) is 23.0 Å². The summed E-state index contributed by atoms with van der Waals surface area (Å²) in [6.45, 7) is 0.441. The molecule has 2 heterocycles. The summed E-state index contributed by atoms with van der Waals surface area (Å²) in [6, 6.07) is 21.5. The van der Waals surface area contributed by atoms with Crippen molar-refractivity contribution >= 4 is 32.3 Å². The summed E-state index contributed by atoms with van der Waals surface area (Å²) in [7, 11) is 4.67. The third kappa shape index (κ3) is 4.36. The van der Waals surface area contributed by atoms with Crippen molar-refractivity contribution in [1.82, 2.24) is 4.98 Å². The molecule has 0 aliphatic rings. The molecule has 0 amide bonds. The van der Waals surface area contributed by atoms with Crippen LogP contribution in [0.3, 0.4) is 0 Å². The van der Waals surface area contributed by atoms with Gasteiger partial charge in [-0.1, -0.05) is 36.4 Å². The van der Waals surface area contributed by atoms with E-state index in [2.05, 4.69) is 4.98 Å². The second-order valence-electron chi connectivity index (χ2n) is 7.97. The summed E-state index contributed by atoms with van der Waals surface area (Å²) in [4.78, 5) is 5.31. The van der Waals surface area contributed by atoms with E-state index < -0.39 is 6.10 Å². The van der Waals surface area contributed by atoms with Crippen LogP contribution in [-0.2, 0) is 6.61 Å². The molecule has 5 rings (SSSR count). The molecule has 3 aromatic carbocycles. The molecule has 0 aliphatic carbocycles. The molecule has 178 valence electrons. The first-order valence-electron chi connectivity index (χ1n) is 11.1. The molecule has 7 heteroatoms. The summed E-state index contributed by atoms with van der Waals surface area (Å²) < 4.78 is 23.6. The molecule has 35 heavy (non-hydrogen) atoms. The number of nitrogens with zero attached hydrogens (tertiary/aromatic N) is 1. The molecule has 1 unspecified atom stereocenters. The predicted octanol–water partition coefficient (Wildman–Crippen LogP) is 6.14. The van der Waals surface area contributed by atoms with Gasteiger partial charge in [0.05, 0.1) is 31.5 Å². The van der Waals surface area contributed by atoms with Crippen LogP contribution in [0.4, 0.5) is 0 Å². The normalized spacial score (nSPS) is 12.0. The summed E-state index contributed by atoms with van der Waals surface area (Å²) in [5.41, 5.74) is 2.56. The monoisotopic (exact) mass is 487 g/mol. The molecule has 5 aromatic rings. The Morgan fingerprint density at radius 3 is 2.26 bits per heavy atom. The van der Waals surface area contributed by atoms with Crippen LogP contribution in [0.15, 0.2) is 72.9 Å². The van der Waals surface area contributed by atoms with Crippen molar-refractivity contribution in [2.75, 3.05) is 21.3 Å². The van der Waals surface area contributed by atoms with Crippen molar-refractivity contribution in [1.29, 1.82) is 0 Å². The standard InChI is InChI=1S/C28H25NO5S/c1-31-22-12-18(13-23(32-2)27(22)33-3)26(30)25-14-20-19-10-7-11-29-21(19)15-24(28(20)35-25)34-16-17-8-5-4-6-9-17/h4-15,26,30H,16H2,1-3H3. The van der Waals surface area contributed by atoms with E-state index in [0.29, 0.717) is 29.4 Å². The molecule has 0 saturated carbocycles. The first-order valence-corrected chi connectivity index (χ1v) is 11.9. The number of methoxy groups -OCH3 is 3. The van der Waals surface area contributed by atoms with Crippen LogP contribution in [0.25, 0.3) is 21.0 Å². The molecule has 0 aliphatic heterocycles. The number of thiophene rings is 1. The van der Waals surface area contributed by atoms with Crippen LogP contribution in [-0.4, -0.2) is 31.4 Å². The van der Waals surface area contributed by atoms with Crippen LogP contribution in [0.2, 0.25) is 0 Å². The van der Waals surface area contributed by atoms with E-state index in [0.717, 1.165) is 37.2 Å². The topological polar surface area (TPSA) is 70.0 Å². The molecule has 1 atom stereocenters. The van der Waals surface area contributed by atoms with E-state index in [9.17, 15) is 5.11 Å². The molecule has 0 fully saturated rings. The summed E-state index contributed by atoms with van der Waals surface area (Å²) in [6.07, 6.45) is 0.877. The Balaban J connectivity index is 1.59. The Bertz CT molecular complexity index is 1460. The summed E-state index contributed by atoms with van der Waals surface area (Å²) >= 11 is 1.50. The zero-order valence-electron chi connectivity index (χ0n) is 19.6. The minimum atomic E-state index is -0.894. The highest BCUT2D eigenvalue weighted by molar-refractivity contribution is 7.19. The number of hydrogen-bond donors (Lipinski definition) is 1. The Morgan fingerprint density at radius 2 is 1.57 bits per heavy atom. The second kappa shape index (κ2) is 9.82. The van der Waals surface area contributed by atoms with Crippen molar-refractivity contribution < 1.29 is 24.1 Å². The molecule has 0 bridgehead atoms. The van der Waals surface area contributed by atoms with E-state index in [1.54, 1.807) is 39.7 Å². The fourth-order valence-corrected chi connectivity index (χ4v) is 5.30. The molecule has 0 radical (unpaired) electrons. The lowest BCUT2D eigenvalue weighted by Gasteiger charge is -2.16. The lowest BCUT2D eigenvalue weighted by atomic mass is 10.0. The maximum atomic E-state index is 11.4. The van der Waals surface area contributed by atoms with Crippen LogP contribution >= 0.6 is 11.3 Å². The molecular weight excluding hydrogens is 462 g/mol. The van der Waals surface area contributed by atoms with Gasteiger partial charge in [-0.2, -0.15) is 0 Å². The van der Waals surface area contributed by atoms with Crippen molar-refractivity contribution in [2.45, 2.75) is 12.7 Å². The van der Waals surface area contributed by atoms with Crippen molar-refractivity contribution in [3.05, 3.63) is 88.9 Å². The van der Waals surface area contributed by atoms with E-state index in [1.165, 1.54) is 11.3 Å². The molecule has 2 aromatic heterocycles. The van der Waals surface area contributed by atoms with E-state index in [1.807, 2.05) is 54.6 Å². The van der Waals surface area contributed by atoms with Gasteiger partial charge in [-0.3, -0.25) is 4.98 Å². The third-order valence-electron chi connectivity index (χ3n) is 5.88. The molecule has 1 N–H and O–H groups in total. The first kappa shape index (κ1) is 23.0. The van der Waals surface area contributed by atoms with Gasteiger partial charge in [0.25, 0.3) is 0 Å². The minimum absolute atomic E-state index is 0.441. The number of rotatable bonds is 8. The van der Waals surface area contributed by atoms with Crippen molar-refractivity contribution in [2.24, 2.45) is 0 Å². The Hall–Kier alpha value is -3.81. The Labute approximate surface area is 207 Å². The zero-order chi connectivity index (χ0) is 24.4. The number of hydrogen-bond acceptors (Lipinski definition) is 7. The van der Waals surface area contributed by atoms with Crippen LogP contribution in [0.1, 0.15) is 22.1 Å². The Kier molecular flexibility index (Phi) is 6.44. The number of aliphatic hydroxyl groups is 1. The molecule has 0 saturated heterocycles. The van der Waals surface area contributed by atoms with Gasteiger partial charge in [-0.25, -0.2) is 0 Å². The number of fused-ring (bicyclic) bond motifs is 3. The third-order valence-corrected chi connectivity index (χ3v) is 7.08. The fraction of sp³-hybridized carbons (Fsp3) is 0.179. The second-order valence-corrected chi connectivity index (χ2v) is 9.06. The number of ether oxygens (including phenoxy) is 4. The highest BCUT2D eigenvalue weighted by atomic mass is 32.1. The van der Waals surface area contributed by atoms with Gasteiger partial charge in [0.1, 0.15) is 18.5 Å². The SMILES string of the molecule is COc1cc(C(O)c2cc3c(s2)c(OCc2ccccc2)cc2ncccc23)cc(OC)c1OC. The van der Waals surface area contributed by atoms with E-state index >= 15 is 0 Å². The highest BCUT2D eigenvalue weighted by Crippen LogP contribution is 2.45. The van der Waals surface area contributed by atoms with Crippen LogP contribution in [0, 0.1) is 0 Å². The first-order chi connectivity index (χ1) is 17.1. The van der Waals surface area contributed by atoms with Crippen LogP contribution in [0.5, 0.6) is 23.0 Å². The highest BCUT2D eigenvalue weighted by Gasteiger charge is 2.22. The Morgan fingerprint density at radius 1 is 0.829 bits per heavy atom. The maximum absolute atomic E-state index is 11.4. The number of pyridine rings is 1. The zero-order valence-corrected chi connectivity index (χ0v) is 20.5. The average Bonchev–Trinajstić information content (AvgIpc) is 3.37. The quantitative estimate of drug-likeness (QED) is 0.284. The van der Waals surface area contributed by atoms with E-state index in [-0.39, 0.29) is 0 Å². The van der Waals surface area contributed by atoms with Gasteiger partial charge < -0.3 is 24.1 Å². The molecular formula is C28H25NO5S. The fourth-order valence-electron chi connectivity index (χ4n) is 4.14. The van der Waals surface area contributed by atoms with Gasteiger partial charge in [0.2, 0.25) is 5.75 Å². The van der Waals surface area contributed by atoms with Gasteiger partial charge >= 0.3 is 0 Å². The minimum Gasteiger partial charge on any atom is -0.493 e. The lowest BCUT2D eigenvalue weighted by molar-refractivity contribution is 0.222. The number of aromatic nitrogens is 1. The number of benzene rings is 3. The smallest absolute Gasteiger partial charge is 0.203 e.